The van der Waals surface area contributed by atoms with Crippen molar-refractivity contribution >= 4 is 5.91 Å². The van der Waals surface area contributed by atoms with E-state index in [-0.39, 0.29) is 18.1 Å². The third kappa shape index (κ3) is 4.24. The Morgan fingerprint density at radius 1 is 1.21 bits per heavy atom. The van der Waals surface area contributed by atoms with Gasteiger partial charge in [0, 0.05) is 6.42 Å². The molecule has 0 radical (unpaired) electrons. The molecule has 1 amide bonds. The molecule has 0 aliphatic heterocycles. The van der Waals surface area contributed by atoms with E-state index in [4.69, 9.17) is 0 Å². The Bertz CT molecular complexity index is 447. The number of nitrogens with one attached hydrogen (secondary N) is 1. The van der Waals surface area contributed by atoms with Crippen molar-refractivity contribution in [1.29, 1.82) is 0 Å². The number of aryl methyl sites for hydroxylation is 1. The summed E-state index contributed by atoms with van der Waals surface area (Å²) in [7, 11) is 0. The summed E-state index contributed by atoms with van der Waals surface area (Å²) in [6.07, 6.45) is 0.748. The molecule has 0 bridgehead atoms. The van der Waals surface area contributed by atoms with E-state index in [1.165, 1.54) is 0 Å². The maximum absolute atomic E-state index is 11.9. The molecule has 0 spiro atoms. The minimum absolute atomic E-state index is 0.143. The third-order valence-electron chi connectivity index (χ3n) is 3.59. The van der Waals surface area contributed by atoms with E-state index in [0.29, 0.717) is 6.42 Å². The Morgan fingerprint density at radius 3 is 2.32 bits per heavy atom. The summed E-state index contributed by atoms with van der Waals surface area (Å²) < 4.78 is 0. The van der Waals surface area contributed by atoms with Crippen molar-refractivity contribution in [2.24, 2.45) is 0 Å². The van der Waals surface area contributed by atoms with Crippen molar-refractivity contribution < 1.29 is 15.0 Å². The summed E-state index contributed by atoms with van der Waals surface area (Å²) in [6.45, 7) is 6.89. The molecule has 19 heavy (non-hydrogen) atoms. The highest BCUT2D eigenvalue weighted by atomic mass is 16.3. The zero-order chi connectivity index (χ0) is 14.7. The molecule has 1 rings (SSSR count). The number of carbonyl (C=O) groups excluding carboxylic acids is 1. The van der Waals surface area contributed by atoms with Crippen molar-refractivity contribution in [3.8, 4) is 5.75 Å². The van der Waals surface area contributed by atoms with E-state index in [1.54, 1.807) is 45.9 Å². The molecule has 0 heterocycles. The van der Waals surface area contributed by atoms with Gasteiger partial charge in [-0.05, 0) is 45.7 Å². The first kappa shape index (κ1) is 15.5. The van der Waals surface area contributed by atoms with Crippen LogP contribution >= 0.6 is 0 Å². The zero-order valence-corrected chi connectivity index (χ0v) is 12.0. The van der Waals surface area contributed by atoms with Crippen LogP contribution in [0.1, 0.15) is 39.7 Å². The van der Waals surface area contributed by atoms with Crippen molar-refractivity contribution in [3.05, 3.63) is 29.8 Å². The molecule has 0 fully saturated rings. The predicted molar refractivity (Wildman–Crippen MR) is 74.9 cm³/mol. The number of para-hydroxylation sites is 1. The number of hydrogen-bond acceptors (Lipinski definition) is 3. The Kier molecular flexibility index (Phi) is 4.58. The number of hydrogen-bond donors (Lipinski definition) is 3. The lowest BCUT2D eigenvalue weighted by Gasteiger charge is -2.38. The summed E-state index contributed by atoms with van der Waals surface area (Å²) in [5.74, 6) is 0.0624. The van der Waals surface area contributed by atoms with Crippen molar-refractivity contribution in [3.63, 3.8) is 0 Å². The number of phenols is 1. The van der Waals surface area contributed by atoms with Gasteiger partial charge in [-0.2, -0.15) is 0 Å². The molecule has 0 aliphatic carbocycles. The molecule has 0 saturated heterocycles. The topological polar surface area (TPSA) is 69.6 Å². The summed E-state index contributed by atoms with van der Waals surface area (Å²) in [6, 6.07) is 6.97. The first-order valence-corrected chi connectivity index (χ1v) is 6.44. The molecule has 3 N–H and O–H groups in total. The molecule has 0 aliphatic rings. The minimum Gasteiger partial charge on any atom is -0.508 e. The van der Waals surface area contributed by atoms with Gasteiger partial charge in [0.25, 0.3) is 0 Å². The second-order valence-electron chi connectivity index (χ2n) is 5.86. The second kappa shape index (κ2) is 5.61. The Balaban J connectivity index is 2.56. The SMILES string of the molecule is CC(C)(O)C(C)(C)NC(=O)CCc1ccccc1O. The molecule has 0 atom stereocenters. The van der Waals surface area contributed by atoms with Crippen LogP contribution in [0, 0.1) is 0 Å². The Morgan fingerprint density at radius 2 is 1.79 bits per heavy atom. The predicted octanol–water partition coefficient (Wildman–Crippen LogP) is 1.99. The Labute approximate surface area is 114 Å². The summed E-state index contributed by atoms with van der Waals surface area (Å²) in [5, 5.41) is 22.4. The van der Waals surface area contributed by atoms with Crippen LogP contribution in [-0.4, -0.2) is 27.3 Å². The van der Waals surface area contributed by atoms with Crippen LogP contribution in [0.25, 0.3) is 0 Å². The van der Waals surface area contributed by atoms with Crippen LogP contribution in [0.15, 0.2) is 24.3 Å². The maximum atomic E-state index is 11.9. The number of benzene rings is 1. The maximum Gasteiger partial charge on any atom is 0.220 e. The highest BCUT2D eigenvalue weighted by Gasteiger charge is 2.36. The molecule has 0 aromatic heterocycles. The Hall–Kier alpha value is -1.55. The zero-order valence-electron chi connectivity index (χ0n) is 12.0. The van der Waals surface area contributed by atoms with Gasteiger partial charge in [-0.3, -0.25) is 4.79 Å². The first-order chi connectivity index (χ1) is 8.63. The average Bonchev–Trinajstić information content (AvgIpc) is 2.26. The number of phenolic OH excluding ortho intramolecular Hbond substituents is 1. The van der Waals surface area contributed by atoms with E-state index in [0.717, 1.165) is 5.56 Å². The van der Waals surface area contributed by atoms with Crippen LogP contribution in [-0.2, 0) is 11.2 Å². The van der Waals surface area contributed by atoms with Gasteiger partial charge < -0.3 is 15.5 Å². The molecule has 4 nitrogen and oxygen atoms in total. The number of amides is 1. The lowest BCUT2D eigenvalue weighted by molar-refractivity contribution is -0.126. The monoisotopic (exact) mass is 265 g/mol. The van der Waals surface area contributed by atoms with Crippen LogP contribution in [0.3, 0.4) is 0 Å². The van der Waals surface area contributed by atoms with Crippen LogP contribution in [0.5, 0.6) is 5.75 Å². The molecule has 1 aromatic carbocycles. The molecule has 1 aromatic rings. The molecule has 106 valence electrons. The molecule has 0 unspecified atom stereocenters. The fraction of sp³-hybridized carbons (Fsp3) is 0.533. The summed E-state index contributed by atoms with van der Waals surface area (Å²) in [5.41, 5.74) is -0.959. The van der Waals surface area contributed by atoms with E-state index < -0.39 is 11.1 Å². The van der Waals surface area contributed by atoms with E-state index in [9.17, 15) is 15.0 Å². The van der Waals surface area contributed by atoms with E-state index in [2.05, 4.69) is 5.32 Å². The number of rotatable bonds is 5. The summed E-state index contributed by atoms with van der Waals surface area (Å²) >= 11 is 0. The van der Waals surface area contributed by atoms with E-state index in [1.807, 2.05) is 6.07 Å². The average molecular weight is 265 g/mol. The quantitative estimate of drug-likeness (QED) is 0.762. The van der Waals surface area contributed by atoms with Gasteiger partial charge in [-0.25, -0.2) is 0 Å². The molecular weight excluding hydrogens is 242 g/mol. The largest absolute Gasteiger partial charge is 0.508 e. The van der Waals surface area contributed by atoms with Gasteiger partial charge >= 0.3 is 0 Å². The number of aliphatic hydroxyl groups is 1. The fourth-order valence-electron chi connectivity index (χ4n) is 1.53. The van der Waals surface area contributed by atoms with E-state index >= 15 is 0 Å². The molecule has 0 saturated carbocycles. The normalized spacial score (nSPS) is 12.3. The lowest BCUT2D eigenvalue weighted by Crippen LogP contribution is -2.57. The first-order valence-electron chi connectivity index (χ1n) is 6.44. The van der Waals surface area contributed by atoms with Crippen molar-refractivity contribution in [2.45, 2.75) is 51.7 Å². The van der Waals surface area contributed by atoms with Gasteiger partial charge in [0.2, 0.25) is 5.91 Å². The standard InChI is InChI=1S/C15H23NO3/c1-14(2,15(3,4)19)16-13(18)10-9-11-7-5-6-8-12(11)17/h5-8,17,19H,9-10H2,1-4H3,(H,16,18). The smallest absolute Gasteiger partial charge is 0.220 e. The van der Waals surface area contributed by atoms with Crippen molar-refractivity contribution in [1.82, 2.24) is 5.32 Å². The third-order valence-corrected chi connectivity index (χ3v) is 3.59. The van der Waals surface area contributed by atoms with Gasteiger partial charge in [0.15, 0.2) is 0 Å². The summed E-state index contributed by atoms with van der Waals surface area (Å²) in [4.78, 5) is 11.9. The van der Waals surface area contributed by atoms with Gasteiger partial charge in [-0.15, -0.1) is 0 Å². The van der Waals surface area contributed by atoms with Crippen molar-refractivity contribution in [2.75, 3.05) is 0 Å². The lowest BCUT2D eigenvalue weighted by atomic mass is 9.86. The minimum atomic E-state index is -1.00. The number of aromatic hydroxyl groups is 1. The fourth-order valence-corrected chi connectivity index (χ4v) is 1.53. The van der Waals surface area contributed by atoms with Crippen LogP contribution < -0.4 is 5.32 Å². The molecule has 4 heteroatoms. The number of carbonyl (C=O) groups is 1. The van der Waals surface area contributed by atoms with Gasteiger partial charge in [0.05, 0.1) is 11.1 Å². The molecular formula is C15H23NO3. The van der Waals surface area contributed by atoms with Gasteiger partial charge in [0.1, 0.15) is 5.75 Å². The second-order valence-corrected chi connectivity index (χ2v) is 5.86. The van der Waals surface area contributed by atoms with Crippen LogP contribution in [0.4, 0.5) is 0 Å². The van der Waals surface area contributed by atoms with Gasteiger partial charge in [-0.1, -0.05) is 18.2 Å². The highest BCUT2D eigenvalue weighted by molar-refractivity contribution is 5.77. The van der Waals surface area contributed by atoms with Crippen LogP contribution in [0.2, 0.25) is 0 Å². The highest BCUT2D eigenvalue weighted by Crippen LogP contribution is 2.21.